The fourth-order valence-electron chi connectivity index (χ4n) is 1.94. The highest BCUT2D eigenvalue weighted by atomic mass is 32.1. The summed E-state index contributed by atoms with van der Waals surface area (Å²) in [6.07, 6.45) is 1.56. The van der Waals surface area contributed by atoms with Crippen LogP contribution in [0.4, 0.5) is 5.13 Å². The van der Waals surface area contributed by atoms with E-state index in [1.54, 1.807) is 26.4 Å². The molecule has 0 fully saturated rings. The third kappa shape index (κ3) is 2.71. The van der Waals surface area contributed by atoms with Gasteiger partial charge in [0, 0.05) is 24.9 Å². The van der Waals surface area contributed by atoms with Crippen molar-refractivity contribution in [2.45, 2.75) is 0 Å². The summed E-state index contributed by atoms with van der Waals surface area (Å²) in [4.78, 5) is 28.1. The average Bonchev–Trinajstić information content (AvgIpc) is 2.90. The Kier molecular flexibility index (Phi) is 3.64. The minimum absolute atomic E-state index is 0.235. The molecule has 0 aliphatic rings. The number of nitrogens with one attached hydrogen (secondary N) is 1. The number of nitrogens with zero attached hydrogens (tertiary/aromatic N) is 2. The van der Waals surface area contributed by atoms with Gasteiger partial charge in [0.25, 0.3) is 11.5 Å². The van der Waals surface area contributed by atoms with E-state index in [2.05, 4.69) is 10.3 Å². The van der Waals surface area contributed by atoms with Crippen LogP contribution in [0.25, 0.3) is 10.2 Å². The molecule has 22 heavy (non-hydrogen) atoms. The van der Waals surface area contributed by atoms with Crippen molar-refractivity contribution in [3.05, 3.63) is 52.4 Å². The van der Waals surface area contributed by atoms with E-state index in [0.29, 0.717) is 10.7 Å². The molecule has 0 aliphatic carbocycles. The van der Waals surface area contributed by atoms with Crippen LogP contribution in [0.15, 0.2) is 41.3 Å². The maximum atomic E-state index is 12.2. The van der Waals surface area contributed by atoms with E-state index in [0.717, 1.165) is 16.0 Å². The van der Waals surface area contributed by atoms with Crippen molar-refractivity contribution in [3.8, 4) is 5.75 Å². The van der Waals surface area contributed by atoms with Crippen LogP contribution in [0, 0.1) is 0 Å². The third-order valence-electron chi connectivity index (χ3n) is 3.18. The first-order valence-corrected chi connectivity index (χ1v) is 7.31. The number of aromatic nitrogens is 2. The highest BCUT2D eigenvalue weighted by molar-refractivity contribution is 7.22. The van der Waals surface area contributed by atoms with E-state index in [-0.39, 0.29) is 11.5 Å². The molecule has 0 saturated carbocycles. The van der Waals surface area contributed by atoms with Crippen molar-refractivity contribution in [2.24, 2.45) is 7.05 Å². The minimum Gasteiger partial charge on any atom is -0.497 e. The zero-order valence-corrected chi connectivity index (χ0v) is 12.8. The SMILES string of the molecule is COc1ccc2nc(NC(=O)c3ccn(C)c(=O)c3)sc2c1. The van der Waals surface area contributed by atoms with E-state index >= 15 is 0 Å². The van der Waals surface area contributed by atoms with Crippen LogP contribution < -0.4 is 15.6 Å². The highest BCUT2D eigenvalue weighted by Crippen LogP contribution is 2.29. The van der Waals surface area contributed by atoms with Gasteiger partial charge in [-0.15, -0.1) is 0 Å². The Labute approximate surface area is 130 Å². The van der Waals surface area contributed by atoms with Gasteiger partial charge in [-0.3, -0.25) is 14.9 Å². The number of methoxy groups -OCH3 is 1. The first-order chi connectivity index (χ1) is 10.6. The van der Waals surface area contributed by atoms with Crippen molar-refractivity contribution < 1.29 is 9.53 Å². The number of pyridine rings is 1. The van der Waals surface area contributed by atoms with Crippen molar-refractivity contribution >= 4 is 32.6 Å². The van der Waals surface area contributed by atoms with Crippen molar-refractivity contribution in [1.29, 1.82) is 0 Å². The molecule has 6 nitrogen and oxygen atoms in total. The molecular formula is C15H13N3O3S. The van der Waals surface area contributed by atoms with Crippen LogP contribution in [0.1, 0.15) is 10.4 Å². The van der Waals surface area contributed by atoms with Gasteiger partial charge in [0.05, 0.1) is 17.3 Å². The molecule has 0 atom stereocenters. The van der Waals surface area contributed by atoms with Gasteiger partial charge in [-0.1, -0.05) is 11.3 Å². The largest absolute Gasteiger partial charge is 0.497 e. The van der Waals surface area contributed by atoms with E-state index in [9.17, 15) is 9.59 Å². The van der Waals surface area contributed by atoms with E-state index in [1.165, 1.54) is 22.0 Å². The predicted molar refractivity (Wildman–Crippen MR) is 85.8 cm³/mol. The van der Waals surface area contributed by atoms with E-state index < -0.39 is 0 Å². The van der Waals surface area contributed by atoms with Gasteiger partial charge in [-0.25, -0.2) is 4.98 Å². The monoisotopic (exact) mass is 315 g/mol. The molecule has 0 radical (unpaired) electrons. The van der Waals surface area contributed by atoms with Crippen LogP contribution in [0.5, 0.6) is 5.75 Å². The first kappa shape index (κ1) is 14.3. The molecule has 3 aromatic rings. The molecule has 7 heteroatoms. The van der Waals surface area contributed by atoms with Gasteiger partial charge < -0.3 is 9.30 Å². The molecule has 0 aliphatic heterocycles. The summed E-state index contributed by atoms with van der Waals surface area (Å²) in [7, 11) is 3.23. The summed E-state index contributed by atoms with van der Waals surface area (Å²) in [6.45, 7) is 0. The van der Waals surface area contributed by atoms with Gasteiger partial charge in [-0.2, -0.15) is 0 Å². The Morgan fingerprint density at radius 2 is 2.14 bits per heavy atom. The normalized spacial score (nSPS) is 10.6. The molecular weight excluding hydrogens is 302 g/mol. The molecule has 1 N–H and O–H groups in total. The predicted octanol–water partition coefficient (Wildman–Crippen LogP) is 2.26. The standard InChI is InChI=1S/C15H13N3O3S/c1-18-6-5-9(7-13(18)19)14(20)17-15-16-11-4-3-10(21-2)8-12(11)22-15/h3-8H,1-2H3,(H,16,17,20). The lowest BCUT2D eigenvalue weighted by Gasteiger charge is -2.02. The maximum absolute atomic E-state index is 12.2. The Morgan fingerprint density at radius 1 is 1.32 bits per heavy atom. The van der Waals surface area contributed by atoms with Gasteiger partial charge in [-0.05, 0) is 24.3 Å². The van der Waals surface area contributed by atoms with Crippen LogP contribution >= 0.6 is 11.3 Å². The molecule has 2 aromatic heterocycles. The summed E-state index contributed by atoms with van der Waals surface area (Å²) in [6, 6.07) is 8.40. The Bertz CT molecular complexity index is 914. The van der Waals surface area contributed by atoms with Crippen LogP contribution in [0.3, 0.4) is 0 Å². The fourth-order valence-corrected chi connectivity index (χ4v) is 2.83. The van der Waals surface area contributed by atoms with E-state index in [1.807, 2.05) is 18.2 Å². The molecule has 0 unspecified atom stereocenters. The van der Waals surface area contributed by atoms with Crippen LogP contribution in [0.2, 0.25) is 0 Å². The second kappa shape index (κ2) is 5.61. The molecule has 2 heterocycles. The average molecular weight is 315 g/mol. The number of hydrogen-bond acceptors (Lipinski definition) is 5. The molecule has 0 spiro atoms. The van der Waals surface area contributed by atoms with Crippen molar-refractivity contribution in [2.75, 3.05) is 12.4 Å². The summed E-state index contributed by atoms with van der Waals surface area (Å²) in [5.41, 5.74) is 0.853. The van der Waals surface area contributed by atoms with Crippen molar-refractivity contribution in [3.63, 3.8) is 0 Å². The number of benzene rings is 1. The number of anilines is 1. The Hall–Kier alpha value is -2.67. The second-order valence-corrected chi connectivity index (χ2v) is 5.70. The molecule has 112 valence electrons. The van der Waals surface area contributed by atoms with Gasteiger partial charge in [0.1, 0.15) is 5.75 Å². The summed E-state index contributed by atoms with van der Waals surface area (Å²) in [5.74, 6) is 0.379. The molecule has 3 rings (SSSR count). The molecule has 0 saturated heterocycles. The summed E-state index contributed by atoms with van der Waals surface area (Å²) >= 11 is 1.35. The lowest BCUT2D eigenvalue weighted by atomic mass is 10.2. The lowest BCUT2D eigenvalue weighted by Crippen LogP contribution is -2.19. The number of hydrogen-bond donors (Lipinski definition) is 1. The van der Waals surface area contributed by atoms with Crippen LogP contribution in [-0.4, -0.2) is 22.6 Å². The highest BCUT2D eigenvalue weighted by Gasteiger charge is 2.11. The number of fused-ring (bicyclic) bond motifs is 1. The number of thiazole rings is 1. The number of aryl methyl sites for hydroxylation is 1. The Morgan fingerprint density at radius 3 is 2.86 bits per heavy atom. The van der Waals surface area contributed by atoms with Gasteiger partial charge in [0.2, 0.25) is 0 Å². The number of carbonyl (C=O) groups is 1. The van der Waals surface area contributed by atoms with E-state index in [4.69, 9.17) is 4.74 Å². The zero-order chi connectivity index (χ0) is 15.7. The maximum Gasteiger partial charge on any atom is 0.257 e. The van der Waals surface area contributed by atoms with Crippen molar-refractivity contribution in [1.82, 2.24) is 9.55 Å². The smallest absolute Gasteiger partial charge is 0.257 e. The molecule has 1 amide bonds. The summed E-state index contributed by atoms with van der Waals surface area (Å²) in [5, 5.41) is 3.19. The molecule has 0 bridgehead atoms. The Balaban J connectivity index is 1.87. The molecule has 1 aromatic carbocycles. The van der Waals surface area contributed by atoms with Gasteiger partial charge >= 0.3 is 0 Å². The zero-order valence-electron chi connectivity index (χ0n) is 12.0. The third-order valence-corrected chi connectivity index (χ3v) is 4.12. The number of rotatable bonds is 3. The minimum atomic E-state index is -0.358. The number of ether oxygens (including phenoxy) is 1. The number of carbonyl (C=O) groups excluding carboxylic acids is 1. The fraction of sp³-hybridized carbons (Fsp3) is 0.133. The first-order valence-electron chi connectivity index (χ1n) is 6.49. The topological polar surface area (TPSA) is 73.2 Å². The second-order valence-electron chi connectivity index (χ2n) is 4.67. The van der Waals surface area contributed by atoms with Crippen LogP contribution in [-0.2, 0) is 7.05 Å². The van der Waals surface area contributed by atoms with Gasteiger partial charge in [0.15, 0.2) is 5.13 Å². The lowest BCUT2D eigenvalue weighted by molar-refractivity contribution is 0.102. The quantitative estimate of drug-likeness (QED) is 0.804. The number of amides is 1. The summed E-state index contributed by atoms with van der Waals surface area (Å²) < 4.78 is 7.48.